The molecule has 0 spiro atoms. The standard InChI is InChI=1S/C27H32ClN5O2S/c1-18-16-21(19(2)33(18)23-17-20(28)7-8-24(23)34-3)26-25(22-6-4-5-9-29-22)30-27(36)32(26)11-10-31-12-14-35-15-13-31/h4-9,16-17,25-26H,10-15H2,1-3H3,(H,30,36)/t25-,26-/m0/s1. The zero-order chi connectivity index (χ0) is 25.2. The van der Waals surface area contributed by atoms with Crippen LogP contribution in [0.1, 0.15) is 34.7 Å². The lowest BCUT2D eigenvalue weighted by atomic mass is 9.96. The molecule has 0 amide bonds. The van der Waals surface area contributed by atoms with Gasteiger partial charge in [-0.2, -0.15) is 0 Å². The summed E-state index contributed by atoms with van der Waals surface area (Å²) in [4.78, 5) is 9.46. The van der Waals surface area contributed by atoms with Gasteiger partial charge in [-0.15, -0.1) is 0 Å². The van der Waals surface area contributed by atoms with Gasteiger partial charge in [0.05, 0.1) is 43.8 Å². The Hall–Kier alpha value is -2.65. The van der Waals surface area contributed by atoms with E-state index in [1.807, 2.05) is 36.5 Å². The summed E-state index contributed by atoms with van der Waals surface area (Å²) < 4.78 is 13.4. The normalized spacial score (nSPS) is 20.6. The van der Waals surface area contributed by atoms with Crippen LogP contribution in [0.3, 0.4) is 0 Å². The molecule has 2 aromatic heterocycles. The predicted octanol–water partition coefficient (Wildman–Crippen LogP) is 4.46. The van der Waals surface area contributed by atoms with E-state index in [4.69, 9.17) is 38.3 Å². The lowest BCUT2D eigenvalue weighted by molar-refractivity contribution is 0.0350. The topological polar surface area (TPSA) is 54.8 Å². The largest absolute Gasteiger partial charge is 0.495 e. The maximum atomic E-state index is 6.40. The minimum Gasteiger partial charge on any atom is -0.495 e. The Morgan fingerprint density at radius 3 is 2.67 bits per heavy atom. The van der Waals surface area contributed by atoms with Gasteiger partial charge in [0.2, 0.25) is 0 Å². The summed E-state index contributed by atoms with van der Waals surface area (Å²) in [6.07, 6.45) is 1.84. The van der Waals surface area contributed by atoms with Gasteiger partial charge in [0, 0.05) is 48.8 Å². The second kappa shape index (κ2) is 10.8. The first-order chi connectivity index (χ1) is 17.5. The molecule has 2 fully saturated rings. The van der Waals surface area contributed by atoms with Crippen LogP contribution in [0.4, 0.5) is 0 Å². The van der Waals surface area contributed by atoms with Crippen LogP contribution in [0.25, 0.3) is 5.69 Å². The number of halogens is 1. The summed E-state index contributed by atoms with van der Waals surface area (Å²) in [5.74, 6) is 0.776. The quantitative estimate of drug-likeness (QED) is 0.457. The number of aromatic nitrogens is 2. The Labute approximate surface area is 223 Å². The van der Waals surface area contributed by atoms with E-state index >= 15 is 0 Å². The van der Waals surface area contributed by atoms with Gasteiger partial charge >= 0.3 is 0 Å². The third kappa shape index (κ3) is 4.83. The predicted molar refractivity (Wildman–Crippen MR) is 146 cm³/mol. The van der Waals surface area contributed by atoms with Gasteiger partial charge in [0.15, 0.2) is 5.11 Å². The molecular weight excluding hydrogens is 494 g/mol. The van der Waals surface area contributed by atoms with Crippen LogP contribution in [-0.4, -0.2) is 71.0 Å². The van der Waals surface area contributed by atoms with Crippen molar-refractivity contribution in [3.05, 3.63) is 76.3 Å². The first kappa shape index (κ1) is 25.0. The van der Waals surface area contributed by atoms with Gasteiger partial charge in [0.1, 0.15) is 5.75 Å². The van der Waals surface area contributed by atoms with Gasteiger partial charge in [-0.1, -0.05) is 17.7 Å². The van der Waals surface area contributed by atoms with Crippen molar-refractivity contribution in [2.75, 3.05) is 46.5 Å². The summed E-state index contributed by atoms with van der Waals surface area (Å²) in [5, 5.41) is 5.01. The molecule has 7 nitrogen and oxygen atoms in total. The Kier molecular flexibility index (Phi) is 7.48. The molecule has 2 aliphatic heterocycles. The highest BCUT2D eigenvalue weighted by Crippen LogP contribution is 2.42. The number of pyridine rings is 1. The molecule has 0 aliphatic carbocycles. The minimum absolute atomic E-state index is 0.00132. The van der Waals surface area contributed by atoms with E-state index in [1.54, 1.807) is 7.11 Å². The number of morpholine rings is 1. The van der Waals surface area contributed by atoms with Gasteiger partial charge in [-0.3, -0.25) is 9.88 Å². The third-order valence-electron chi connectivity index (χ3n) is 7.13. The zero-order valence-corrected chi connectivity index (χ0v) is 22.5. The number of methoxy groups -OCH3 is 1. The lowest BCUT2D eigenvalue weighted by Crippen LogP contribution is -2.42. The maximum absolute atomic E-state index is 6.40. The first-order valence-electron chi connectivity index (χ1n) is 12.3. The highest BCUT2D eigenvalue weighted by molar-refractivity contribution is 7.80. The molecular formula is C27H32ClN5O2S. The number of ether oxygens (including phenoxy) is 2. The summed E-state index contributed by atoms with van der Waals surface area (Å²) in [7, 11) is 1.69. The van der Waals surface area contributed by atoms with Gasteiger partial charge in [0.25, 0.3) is 0 Å². The molecule has 0 bridgehead atoms. The van der Waals surface area contributed by atoms with E-state index < -0.39 is 0 Å². The summed E-state index contributed by atoms with van der Waals surface area (Å²) in [5.41, 5.74) is 5.34. The molecule has 2 aliphatic rings. The number of hydrogen-bond donors (Lipinski definition) is 1. The van der Waals surface area contributed by atoms with E-state index in [2.05, 4.69) is 45.7 Å². The SMILES string of the molecule is COc1ccc(Cl)cc1-n1c(C)cc([C@H]2[C@H](c3ccccn3)NC(=S)N2CCN2CCOCC2)c1C. The fourth-order valence-electron chi connectivity index (χ4n) is 5.35. The van der Waals surface area contributed by atoms with Crippen LogP contribution in [-0.2, 0) is 4.74 Å². The monoisotopic (exact) mass is 525 g/mol. The van der Waals surface area contributed by atoms with E-state index in [9.17, 15) is 0 Å². The van der Waals surface area contributed by atoms with Crippen LogP contribution in [0.15, 0.2) is 48.7 Å². The van der Waals surface area contributed by atoms with Crippen LogP contribution < -0.4 is 10.1 Å². The Bertz CT molecular complexity index is 1230. The van der Waals surface area contributed by atoms with Crippen LogP contribution in [0.2, 0.25) is 5.02 Å². The molecule has 0 saturated carbocycles. The van der Waals surface area contributed by atoms with Crippen LogP contribution in [0.5, 0.6) is 5.75 Å². The third-order valence-corrected chi connectivity index (χ3v) is 7.72. The Morgan fingerprint density at radius 2 is 1.94 bits per heavy atom. The van der Waals surface area contributed by atoms with Gasteiger partial charge in [-0.25, -0.2) is 0 Å². The zero-order valence-electron chi connectivity index (χ0n) is 20.9. The number of hydrogen-bond acceptors (Lipinski definition) is 5. The van der Waals surface area contributed by atoms with E-state index in [0.717, 1.165) is 73.0 Å². The average Bonchev–Trinajstić information content (AvgIpc) is 3.38. The molecule has 36 heavy (non-hydrogen) atoms. The van der Waals surface area contributed by atoms with Crippen molar-refractivity contribution in [1.82, 2.24) is 24.7 Å². The van der Waals surface area contributed by atoms with Crippen LogP contribution in [0, 0.1) is 13.8 Å². The molecule has 0 unspecified atom stereocenters. The molecule has 5 rings (SSSR count). The second-order valence-corrected chi connectivity index (χ2v) is 10.1. The van der Waals surface area contributed by atoms with Crippen molar-refractivity contribution in [1.29, 1.82) is 0 Å². The van der Waals surface area contributed by atoms with Crippen molar-refractivity contribution < 1.29 is 9.47 Å². The smallest absolute Gasteiger partial charge is 0.170 e. The van der Waals surface area contributed by atoms with Gasteiger partial charge < -0.3 is 24.3 Å². The lowest BCUT2D eigenvalue weighted by Gasteiger charge is -2.32. The number of rotatable bonds is 7. The summed E-state index contributed by atoms with van der Waals surface area (Å²) in [6.45, 7) is 9.49. The average molecular weight is 526 g/mol. The van der Waals surface area contributed by atoms with Crippen molar-refractivity contribution in [2.45, 2.75) is 25.9 Å². The highest BCUT2D eigenvalue weighted by atomic mass is 35.5. The van der Waals surface area contributed by atoms with Crippen molar-refractivity contribution in [3.63, 3.8) is 0 Å². The van der Waals surface area contributed by atoms with Gasteiger partial charge in [-0.05, 0) is 68.0 Å². The van der Waals surface area contributed by atoms with Crippen LogP contribution >= 0.6 is 23.8 Å². The molecule has 0 radical (unpaired) electrons. The summed E-state index contributed by atoms with van der Waals surface area (Å²) in [6, 6.07) is 14.0. The van der Waals surface area contributed by atoms with E-state index in [1.165, 1.54) is 5.56 Å². The Balaban J connectivity index is 1.55. The number of benzene rings is 1. The fourth-order valence-corrected chi connectivity index (χ4v) is 5.85. The Morgan fingerprint density at radius 1 is 1.14 bits per heavy atom. The molecule has 4 heterocycles. The molecule has 3 aromatic rings. The number of nitrogens with one attached hydrogen (secondary N) is 1. The number of aryl methyl sites for hydroxylation is 1. The van der Waals surface area contributed by atoms with Crippen molar-refractivity contribution in [2.24, 2.45) is 0 Å². The maximum Gasteiger partial charge on any atom is 0.170 e. The molecule has 190 valence electrons. The second-order valence-electron chi connectivity index (χ2n) is 9.25. The first-order valence-corrected chi connectivity index (χ1v) is 13.1. The van der Waals surface area contributed by atoms with E-state index in [0.29, 0.717) is 5.02 Å². The molecule has 1 N–H and O–H groups in total. The number of nitrogens with zero attached hydrogens (tertiary/aromatic N) is 4. The molecule has 2 atom stereocenters. The molecule has 9 heteroatoms. The van der Waals surface area contributed by atoms with E-state index in [-0.39, 0.29) is 12.1 Å². The highest BCUT2D eigenvalue weighted by Gasteiger charge is 2.41. The molecule has 2 saturated heterocycles. The summed E-state index contributed by atoms with van der Waals surface area (Å²) >= 11 is 12.3. The van der Waals surface area contributed by atoms with Crippen molar-refractivity contribution >= 4 is 28.9 Å². The molecule has 1 aromatic carbocycles. The number of thiocarbonyl (C=S) groups is 1. The fraction of sp³-hybridized carbons (Fsp3) is 0.407. The van der Waals surface area contributed by atoms with Crippen molar-refractivity contribution in [3.8, 4) is 11.4 Å². The minimum atomic E-state index is -0.0569.